The van der Waals surface area contributed by atoms with Crippen LogP contribution in [0.1, 0.15) is 5.56 Å². The van der Waals surface area contributed by atoms with Gasteiger partial charge in [-0.1, -0.05) is 17.3 Å². The first-order chi connectivity index (χ1) is 7.25. The van der Waals surface area contributed by atoms with Crippen LogP contribution in [0.4, 0.5) is 5.82 Å². The van der Waals surface area contributed by atoms with Gasteiger partial charge in [-0.3, -0.25) is 4.72 Å². The monoisotopic (exact) mass is 222 g/mol. The molecule has 0 saturated carbocycles. The fraction of sp³-hybridized carbons (Fsp3) is 0.100. The van der Waals surface area contributed by atoms with Crippen molar-refractivity contribution in [2.45, 2.75) is 11.8 Å². The molecule has 0 amide bonds. The number of nitrogens with one attached hydrogen (secondary N) is 1. The van der Waals surface area contributed by atoms with Gasteiger partial charge in [-0.25, -0.2) is 4.21 Å². The molecule has 78 valence electrons. The van der Waals surface area contributed by atoms with Gasteiger partial charge in [0.15, 0.2) is 16.8 Å². The van der Waals surface area contributed by atoms with E-state index in [1.807, 2.05) is 25.1 Å². The van der Waals surface area contributed by atoms with Gasteiger partial charge < -0.3 is 4.52 Å². The second-order valence-corrected chi connectivity index (χ2v) is 4.28. The first-order valence-electron chi connectivity index (χ1n) is 4.41. The lowest BCUT2D eigenvalue weighted by Gasteiger charge is -2.02. The van der Waals surface area contributed by atoms with Crippen LogP contribution in [-0.4, -0.2) is 9.37 Å². The molecule has 1 N–H and O–H groups in total. The summed E-state index contributed by atoms with van der Waals surface area (Å²) in [5.41, 5.74) is 1.07. The Morgan fingerprint density at radius 3 is 2.93 bits per heavy atom. The second kappa shape index (κ2) is 4.27. The molecule has 0 fully saturated rings. The minimum Gasteiger partial charge on any atom is -0.363 e. The Labute approximate surface area is 89.9 Å². The summed E-state index contributed by atoms with van der Waals surface area (Å²) in [5, 5.41) is 3.62. The van der Waals surface area contributed by atoms with Gasteiger partial charge >= 0.3 is 0 Å². The van der Waals surface area contributed by atoms with Crippen molar-refractivity contribution in [3.63, 3.8) is 0 Å². The molecular formula is C10H10N2O2S. The zero-order valence-corrected chi connectivity index (χ0v) is 8.95. The van der Waals surface area contributed by atoms with Crippen LogP contribution in [0, 0.1) is 6.92 Å². The second-order valence-electron chi connectivity index (χ2n) is 3.07. The quantitative estimate of drug-likeness (QED) is 0.865. The van der Waals surface area contributed by atoms with E-state index in [0.29, 0.717) is 5.82 Å². The molecule has 5 heteroatoms. The van der Waals surface area contributed by atoms with Crippen molar-refractivity contribution in [2.75, 3.05) is 4.72 Å². The lowest BCUT2D eigenvalue weighted by molar-refractivity contribution is 0.423. The Morgan fingerprint density at radius 1 is 1.40 bits per heavy atom. The summed E-state index contributed by atoms with van der Waals surface area (Å²) in [6.07, 6.45) is 1.43. The number of anilines is 1. The molecule has 1 atom stereocenters. The lowest BCUT2D eigenvalue weighted by Crippen LogP contribution is -2.04. The molecule has 0 aliphatic heterocycles. The van der Waals surface area contributed by atoms with E-state index in [1.165, 1.54) is 6.26 Å². The van der Waals surface area contributed by atoms with Crippen LogP contribution in [-0.2, 0) is 11.0 Å². The summed E-state index contributed by atoms with van der Waals surface area (Å²) >= 11 is 0. The van der Waals surface area contributed by atoms with Crippen molar-refractivity contribution in [1.29, 1.82) is 0 Å². The van der Waals surface area contributed by atoms with Crippen LogP contribution in [0.5, 0.6) is 0 Å². The molecule has 2 aromatic rings. The molecule has 1 unspecified atom stereocenters. The number of hydrogen-bond acceptors (Lipinski definition) is 3. The maximum Gasteiger partial charge on any atom is 0.181 e. The highest BCUT2D eigenvalue weighted by atomic mass is 32.2. The summed E-state index contributed by atoms with van der Waals surface area (Å²) < 4.78 is 19.1. The summed E-state index contributed by atoms with van der Waals surface area (Å²) in [7, 11) is -1.30. The van der Waals surface area contributed by atoms with E-state index in [0.717, 1.165) is 10.5 Å². The lowest BCUT2D eigenvalue weighted by atomic mass is 10.2. The van der Waals surface area contributed by atoms with Gasteiger partial charge in [0.25, 0.3) is 0 Å². The van der Waals surface area contributed by atoms with Crippen molar-refractivity contribution in [3.8, 4) is 0 Å². The van der Waals surface area contributed by atoms with Crippen LogP contribution in [0.25, 0.3) is 0 Å². The van der Waals surface area contributed by atoms with Crippen molar-refractivity contribution in [1.82, 2.24) is 5.16 Å². The number of aryl methyl sites for hydroxylation is 1. The van der Waals surface area contributed by atoms with E-state index < -0.39 is 11.0 Å². The van der Waals surface area contributed by atoms with Crippen LogP contribution in [0.2, 0.25) is 0 Å². The molecular weight excluding hydrogens is 212 g/mol. The van der Waals surface area contributed by atoms with Gasteiger partial charge in [0, 0.05) is 6.07 Å². The molecule has 0 aliphatic carbocycles. The third-order valence-electron chi connectivity index (χ3n) is 1.84. The van der Waals surface area contributed by atoms with Gasteiger partial charge in [-0.15, -0.1) is 0 Å². The summed E-state index contributed by atoms with van der Waals surface area (Å²) in [4.78, 5) is 0.720. The maximum absolute atomic E-state index is 11.8. The van der Waals surface area contributed by atoms with E-state index >= 15 is 0 Å². The molecule has 4 nitrogen and oxygen atoms in total. The van der Waals surface area contributed by atoms with Crippen LogP contribution < -0.4 is 4.72 Å². The van der Waals surface area contributed by atoms with Crippen molar-refractivity contribution < 1.29 is 8.73 Å². The minimum atomic E-state index is -1.30. The summed E-state index contributed by atoms with van der Waals surface area (Å²) in [5.74, 6) is 0.467. The molecule has 0 spiro atoms. The average molecular weight is 222 g/mol. The van der Waals surface area contributed by atoms with Crippen LogP contribution >= 0.6 is 0 Å². The molecule has 0 bridgehead atoms. The normalized spacial score (nSPS) is 12.3. The van der Waals surface area contributed by atoms with Gasteiger partial charge in [0.1, 0.15) is 6.26 Å². The molecule has 0 saturated heterocycles. The fourth-order valence-corrected chi connectivity index (χ4v) is 2.06. The number of benzene rings is 1. The number of nitrogens with zero attached hydrogens (tertiary/aromatic N) is 1. The fourth-order valence-electron chi connectivity index (χ4n) is 1.15. The zero-order chi connectivity index (χ0) is 10.7. The third kappa shape index (κ3) is 2.44. The van der Waals surface area contributed by atoms with Gasteiger partial charge in [-0.05, 0) is 24.6 Å². The minimum absolute atomic E-state index is 0.467. The van der Waals surface area contributed by atoms with E-state index in [4.69, 9.17) is 0 Å². The predicted octanol–water partition coefficient (Wildman–Crippen LogP) is 2.12. The molecule has 2 rings (SSSR count). The van der Waals surface area contributed by atoms with E-state index in [2.05, 4.69) is 14.4 Å². The average Bonchev–Trinajstić information content (AvgIpc) is 2.70. The highest BCUT2D eigenvalue weighted by Gasteiger charge is 2.05. The Bertz CT molecular complexity index is 468. The SMILES string of the molecule is Cc1cccc(S(=O)Nc2ccon2)c1. The Kier molecular flexibility index (Phi) is 2.82. The van der Waals surface area contributed by atoms with Crippen LogP contribution in [0.15, 0.2) is 46.0 Å². The largest absolute Gasteiger partial charge is 0.363 e. The summed E-state index contributed by atoms with van der Waals surface area (Å²) in [6, 6.07) is 9.11. The number of rotatable bonds is 3. The highest BCUT2D eigenvalue weighted by Crippen LogP contribution is 2.11. The Hall–Kier alpha value is -1.62. The van der Waals surface area contributed by atoms with Crippen molar-refractivity contribution >= 4 is 16.8 Å². The standard InChI is InChI=1S/C10H10N2O2S/c1-8-3-2-4-9(7-8)15(13)12-10-5-6-14-11-10/h2-7H,1H3,(H,11,12). The Balaban J connectivity index is 2.15. The Morgan fingerprint density at radius 2 is 2.27 bits per heavy atom. The van der Waals surface area contributed by atoms with Crippen LogP contribution in [0.3, 0.4) is 0 Å². The number of hydrogen-bond donors (Lipinski definition) is 1. The molecule has 1 heterocycles. The molecule has 0 radical (unpaired) electrons. The van der Waals surface area contributed by atoms with E-state index in [9.17, 15) is 4.21 Å². The molecule has 0 aliphatic rings. The maximum atomic E-state index is 11.8. The predicted molar refractivity (Wildman–Crippen MR) is 57.7 cm³/mol. The third-order valence-corrected chi connectivity index (χ3v) is 2.92. The first-order valence-corrected chi connectivity index (χ1v) is 5.56. The highest BCUT2D eigenvalue weighted by molar-refractivity contribution is 7.86. The molecule has 1 aromatic carbocycles. The topological polar surface area (TPSA) is 55.1 Å². The van der Waals surface area contributed by atoms with Crippen molar-refractivity contribution in [3.05, 3.63) is 42.2 Å². The van der Waals surface area contributed by atoms with Gasteiger partial charge in [-0.2, -0.15) is 0 Å². The first kappa shape index (κ1) is 9.92. The van der Waals surface area contributed by atoms with Gasteiger partial charge in [0.05, 0.1) is 4.90 Å². The molecule has 15 heavy (non-hydrogen) atoms. The van der Waals surface area contributed by atoms with Gasteiger partial charge in [0.2, 0.25) is 0 Å². The summed E-state index contributed by atoms with van der Waals surface area (Å²) in [6.45, 7) is 1.96. The smallest absolute Gasteiger partial charge is 0.181 e. The van der Waals surface area contributed by atoms with E-state index in [1.54, 1.807) is 12.1 Å². The van der Waals surface area contributed by atoms with Crippen molar-refractivity contribution in [2.24, 2.45) is 0 Å². The zero-order valence-electron chi connectivity index (χ0n) is 8.14. The molecule has 1 aromatic heterocycles. The van der Waals surface area contributed by atoms with E-state index in [-0.39, 0.29) is 0 Å². The number of aromatic nitrogens is 1.